The van der Waals surface area contributed by atoms with Crippen molar-refractivity contribution in [1.82, 2.24) is 14.2 Å². The molecule has 2 fully saturated rings. The van der Waals surface area contributed by atoms with Gasteiger partial charge in [-0.05, 0) is 84.8 Å². The van der Waals surface area contributed by atoms with E-state index >= 15 is 0 Å². The number of hydrogen-bond donors (Lipinski definition) is 2. The SMILES string of the molecule is CS(=O)(=O)N1CCC(Nc2cc(C(c3ccc(Cl)cc3)c3ccc(Cl)cc3)cc3c(NC4CCN(CC(F)(F)F)CC4)ccnc23)CC1. The summed E-state index contributed by atoms with van der Waals surface area (Å²) >= 11 is 12.6. The van der Waals surface area contributed by atoms with Crippen LogP contribution in [0.5, 0.6) is 0 Å². The number of benzene rings is 3. The molecular weight excluding hydrogens is 682 g/mol. The van der Waals surface area contributed by atoms with E-state index in [9.17, 15) is 21.6 Å². The molecule has 0 aliphatic carbocycles. The first-order valence-corrected chi connectivity index (χ1v) is 18.6. The summed E-state index contributed by atoms with van der Waals surface area (Å²) in [5, 5.41) is 9.49. The number of nitrogens with zero attached hydrogens (tertiary/aromatic N) is 3. The third kappa shape index (κ3) is 8.55. The minimum absolute atomic E-state index is 0.00352. The average Bonchev–Trinajstić information content (AvgIpc) is 3.03. The number of alkyl halides is 3. The van der Waals surface area contributed by atoms with E-state index in [-0.39, 0.29) is 18.0 Å². The van der Waals surface area contributed by atoms with Gasteiger partial charge >= 0.3 is 6.18 Å². The summed E-state index contributed by atoms with van der Waals surface area (Å²) in [5.74, 6) is -0.185. The molecule has 7 nitrogen and oxygen atoms in total. The highest BCUT2D eigenvalue weighted by Crippen LogP contribution is 2.39. The van der Waals surface area contributed by atoms with E-state index in [1.165, 1.54) is 15.5 Å². The van der Waals surface area contributed by atoms with Crippen LogP contribution in [0.1, 0.15) is 48.3 Å². The van der Waals surface area contributed by atoms with Crippen LogP contribution in [0.2, 0.25) is 10.0 Å². The van der Waals surface area contributed by atoms with Gasteiger partial charge in [-0.1, -0.05) is 47.5 Å². The van der Waals surface area contributed by atoms with Crippen LogP contribution in [0.4, 0.5) is 24.5 Å². The number of piperidine rings is 2. The van der Waals surface area contributed by atoms with Crippen LogP contribution >= 0.6 is 23.2 Å². The standard InChI is InChI=1S/C35H38Cl2F3N5O2S/c1-48(46,47)45-18-13-29(14-19-45)43-32-21-25(33(23-2-6-26(36)7-3-23)24-4-8-27(37)9-5-24)20-30-31(10-15-41-34(30)32)42-28-11-16-44(17-12-28)22-35(38,39)40/h2-10,15,20-21,28-29,33,43H,11-14,16-19,22H2,1H3,(H,41,42). The Kier molecular flexibility index (Phi) is 10.4. The molecular formula is C35H38Cl2F3N5O2S. The lowest BCUT2D eigenvalue weighted by Gasteiger charge is -2.33. The van der Waals surface area contributed by atoms with E-state index in [2.05, 4.69) is 22.8 Å². The van der Waals surface area contributed by atoms with Crippen molar-refractivity contribution < 1.29 is 21.6 Å². The lowest BCUT2D eigenvalue weighted by molar-refractivity contribution is -0.147. The first kappa shape index (κ1) is 34.8. The monoisotopic (exact) mass is 719 g/mol. The number of halogens is 5. The second-order valence-electron chi connectivity index (χ2n) is 12.7. The van der Waals surface area contributed by atoms with Crippen LogP contribution in [0.25, 0.3) is 10.9 Å². The molecule has 0 spiro atoms. The fraction of sp³-hybridized carbons (Fsp3) is 0.400. The normalized spacial score (nSPS) is 17.6. The number of nitrogens with one attached hydrogen (secondary N) is 2. The van der Waals surface area contributed by atoms with Crippen LogP contribution < -0.4 is 10.6 Å². The third-order valence-electron chi connectivity index (χ3n) is 9.24. The fourth-order valence-corrected chi connectivity index (χ4v) is 7.95. The largest absolute Gasteiger partial charge is 0.401 e. The summed E-state index contributed by atoms with van der Waals surface area (Å²) in [6, 6.07) is 21.7. The average molecular weight is 721 g/mol. The van der Waals surface area contributed by atoms with Gasteiger partial charge in [-0.25, -0.2) is 12.7 Å². The zero-order valence-electron chi connectivity index (χ0n) is 26.5. The summed E-state index contributed by atoms with van der Waals surface area (Å²) in [7, 11) is -3.27. The molecule has 0 amide bonds. The van der Waals surface area contributed by atoms with Crippen LogP contribution in [0.3, 0.4) is 0 Å². The van der Waals surface area contributed by atoms with Crippen LogP contribution in [0, 0.1) is 0 Å². The number of anilines is 2. The van der Waals surface area contributed by atoms with Crippen molar-refractivity contribution in [3.05, 3.63) is 99.7 Å². The zero-order chi connectivity index (χ0) is 34.1. The Hall–Kier alpha value is -3.09. The molecule has 0 saturated carbocycles. The maximum Gasteiger partial charge on any atom is 0.401 e. The molecule has 0 bridgehead atoms. The minimum atomic E-state index is -4.21. The van der Waals surface area contributed by atoms with Crippen LogP contribution in [-0.4, -0.2) is 79.8 Å². The summed E-state index contributed by atoms with van der Waals surface area (Å²) in [6.07, 6.45) is 1.23. The van der Waals surface area contributed by atoms with Gasteiger partial charge in [0.15, 0.2) is 0 Å². The summed E-state index contributed by atoms with van der Waals surface area (Å²) < 4.78 is 64.9. The summed E-state index contributed by atoms with van der Waals surface area (Å²) in [5.41, 5.74) is 5.51. The van der Waals surface area contributed by atoms with Crippen molar-refractivity contribution in [1.29, 1.82) is 0 Å². The number of sulfonamides is 1. The number of pyridine rings is 1. The molecule has 0 atom stereocenters. The second-order valence-corrected chi connectivity index (χ2v) is 15.6. The quantitative estimate of drug-likeness (QED) is 0.171. The highest BCUT2D eigenvalue weighted by atomic mass is 35.5. The lowest BCUT2D eigenvalue weighted by atomic mass is 9.84. The molecule has 2 aliphatic rings. The Morgan fingerprint density at radius 1 is 0.792 bits per heavy atom. The van der Waals surface area contributed by atoms with Crippen molar-refractivity contribution in [3.8, 4) is 0 Å². The predicted octanol–water partition coefficient (Wildman–Crippen LogP) is 8.00. The van der Waals surface area contributed by atoms with E-state index in [1.54, 1.807) is 6.20 Å². The first-order chi connectivity index (χ1) is 22.8. The minimum Gasteiger partial charge on any atom is -0.382 e. The fourth-order valence-electron chi connectivity index (χ4n) is 6.83. The van der Waals surface area contributed by atoms with Gasteiger partial charge in [0, 0.05) is 71.5 Å². The molecule has 2 aliphatic heterocycles. The number of likely N-dealkylation sites (tertiary alicyclic amines) is 1. The Labute approximate surface area is 289 Å². The molecule has 48 heavy (non-hydrogen) atoms. The molecule has 256 valence electrons. The first-order valence-electron chi connectivity index (χ1n) is 16.0. The molecule has 13 heteroatoms. The lowest BCUT2D eigenvalue weighted by Crippen LogP contribution is -2.43. The topological polar surface area (TPSA) is 77.6 Å². The summed E-state index contributed by atoms with van der Waals surface area (Å²) in [6.45, 7) is 0.689. The van der Waals surface area contributed by atoms with Gasteiger partial charge < -0.3 is 10.6 Å². The Morgan fingerprint density at radius 2 is 1.31 bits per heavy atom. The Balaban J connectivity index is 1.39. The van der Waals surface area contributed by atoms with Crippen molar-refractivity contribution in [3.63, 3.8) is 0 Å². The molecule has 2 N–H and O–H groups in total. The van der Waals surface area contributed by atoms with Gasteiger partial charge in [-0.3, -0.25) is 9.88 Å². The van der Waals surface area contributed by atoms with Gasteiger partial charge in [-0.2, -0.15) is 13.2 Å². The second kappa shape index (κ2) is 14.4. The number of hydrogen-bond acceptors (Lipinski definition) is 6. The van der Waals surface area contributed by atoms with Gasteiger partial charge in [0.05, 0.1) is 24.0 Å². The van der Waals surface area contributed by atoms with E-state index in [0.29, 0.717) is 61.9 Å². The van der Waals surface area contributed by atoms with E-state index < -0.39 is 22.7 Å². The molecule has 3 heterocycles. The van der Waals surface area contributed by atoms with Crippen molar-refractivity contribution in [2.75, 3.05) is 49.6 Å². The smallest absolute Gasteiger partial charge is 0.382 e. The van der Waals surface area contributed by atoms with E-state index in [4.69, 9.17) is 28.2 Å². The van der Waals surface area contributed by atoms with Gasteiger partial charge in [-0.15, -0.1) is 0 Å². The molecule has 0 unspecified atom stereocenters. The zero-order valence-corrected chi connectivity index (χ0v) is 28.8. The highest BCUT2D eigenvalue weighted by Gasteiger charge is 2.33. The van der Waals surface area contributed by atoms with Crippen molar-refractivity contribution in [2.45, 2.75) is 49.9 Å². The van der Waals surface area contributed by atoms with Crippen molar-refractivity contribution >= 4 is 55.5 Å². The predicted molar refractivity (Wildman–Crippen MR) is 188 cm³/mol. The molecule has 4 aromatic rings. The van der Waals surface area contributed by atoms with Gasteiger partial charge in [0.25, 0.3) is 0 Å². The van der Waals surface area contributed by atoms with Crippen LogP contribution in [0.15, 0.2) is 72.9 Å². The molecule has 3 aromatic carbocycles. The van der Waals surface area contributed by atoms with Gasteiger partial charge in [0.2, 0.25) is 10.0 Å². The highest BCUT2D eigenvalue weighted by molar-refractivity contribution is 7.88. The van der Waals surface area contributed by atoms with Crippen molar-refractivity contribution in [2.24, 2.45) is 0 Å². The Bertz CT molecular complexity index is 1780. The summed E-state index contributed by atoms with van der Waals surface area (Å²) in [4.78, 5) is 6.26. The van der Waals surface area contributed by atoms with Gasteiger partial charge in [0.1, 0.15) is 0 Å². The molecule has 2 saturated heterocycles. The maximum atomic E-state index is 13.0. The molecule has 6 rings (SSSR count). The van der Waals surface area contributed by atoms with E-state index in [0.717, 1.165) is 39.0 Å². The molecule has 0 radical (unpaired) electrons. The Morgan fingerprint density at radius 3 is 1.83 bits per heavy atom. The third-order valence-corrected chi connectivity index (χ3v) is 11.0. The number of aromatic nitrogens is 1. The van der Waals surface area contributed by atoms with Crippen LogP contribution in [-0.2, 0) is 10.0 Å². The number of fused-ring (bicyclic) bond motifs is 1. The number of rotatable bonds is 9. The maximum absolute atomic E-state index is 13.0. The molecule has 1 aromatic heterocycles. The van der Waals surface area contributed by atoms with E-state index in [1.807, 2.05) is 54.6 Å².